The van der Waals surface area contributed by atoms with Gasteiger partial charge in [-0.05, 0) is 11.1 Å². The Labute approximate surface area is 113 Å². The zero-order chi connectivity index (χ0) is 14.8. The smallest absolute Gasteiger partial charge is 0.390 e. The molecule has 0 fully saturated rings. The molecule has 1 aliphatic rings. The predicted molar refractivity (Wildman–Crippen MR) is 63.9 cm³/mol. The molecule has 20 heavy (non-hydrogen) atoms. The molecule has 2 atom stereocenters. The number of carbonyl (C=O) groups excluding carboxylic acids is 1. The Balaban J connectivity index is 1.89. The zero-order valence-electron chi connectivity index (χ0n) is 10.5. The van der Waals surface area contributed by atoms with Crippen LogP contribution in [-0.4, -0.2) is 36.5 Å². The summed E-state index contributed by atoms with van der Waals surface area (Å²) in [6.07, 6.45) is -4.83. The maximum atomic E-state index is 11.9. The number of benzene rings is 1. The summed E-state index contributed by atoms with van der Waals surface area (Å²) in [5, 5.41) is 12.4. The van der Waals surface area contributed by atoms with Crippen LogP contribution in [0.15, 0.2) is 24.3 Å². The van der Waals surface area contributed by atoms with Crippen LogP contribution < -0.4 is 5.32 Å². The molecule has 2 unspecified atom stereocenters. The van der Waals surface area contributed by atoms with Crippen molar-refractivity contribution >= 4 is 5.91 Å². The van der Waals surface area contributed by atoms with Gasteiger partial charge < -0.3 is 15.2 Å². The maximum Gasteiger partial charge on any atom is 0.411 e. The first-order chi connectivity index (χ1) is 9.37. The number of nitrogens with one attached hydrogen (secondary N) is 1. The molecule has 4 nitrogen and oxygen atoms in total. The van der Waals surface area contributed by atoms with E-state index < -0.39 is 37.4 Å². The Morgan fingerprint density at radius 3 is 2.80 bits per heavy atom. The minimum Gasteiger partial charge on any atom is -0.390 e. The fraction of sp³-hybridized carbons (Fsp3) is 0.462. The summed E-state index contributed by atoms with van der Waals surface area (Å²) < 4.78 is 39.9. The number of aliphatic hydroxyl groups is 1. The summed E-state index contributed by atoms with van der Waals surface area (Å²) in [7, 11) is 0. The number of hydrogen-bond donors (Lipinski definition) is 2. The number of aliphatic hydroxyl groups excluding tert-OH is 1. The van der Waals surface area contributed by atoms with Crippen molar-refractivity contribution in [3.63, 3.8) is 0 Å². The van der Waals surface area contributed by atoms with Crippen LogP contribution >= 0.6 is 0 Å². The van der Waals surface area contributed by atoms with Gasteiger partial charge in [-0.1, -0.05) is 24.3 Å². The van der Waals surface area contributed by atoms with E-state index in [4.69, 9.17) is 0 Å². The number of alkyl halides is 3. The largest absolute Gasteiger partial charge is 0.411 e. The Morgan fingerprint density at radius 2 is 2.10 bits per heavy atom. The van der Waals surface area contributed by atoms with Gasteiger partial charge in [-0.2, -0.15) is 13.2 Å². The predicted octanol–water partition coefficient (Wildman–Crippen LogP) is 1.34. The van der Waals surface area contributed by atoms with Crippen LogP contribution in [0.1, 0.15) is 17.2 Å². The summed E-state index contributed by atoms with van der Waals surface area (Å²) in [4.78, 5) is 11.5. The normalized spacial score (nSPS) is 21.6. The Morgan fingerprint density at radius 1 is 1.40 bits per heavy atom. The molecule has 2 rings (SSSR count). The second-order valence-electron chi connectivity index (χ2n) is 4.62. The summed E-state index contributed by atoms with van der Waals surface area (Å²) in [5.41, 5.74) is 1.70. The molecule has 7 heteroatoms. The van der Waals surface area contributed by atoms with E-state index in [-0.39, 0.29) is 0 Å². The number of fused-ring (bicyclic) bond motifs is 1. The van der Waals surface area contributed by atoms with Crippen molar-refractivity contribution in [3.05, 3.63) is 35.4 Å². The summed E-state index contributed by atoms with van der Waals surface area (Å²) >= 11 is 0. The van der Waals surface area contributed by atoms with Crippen LogP contribution in [0.2, 0.25) is 0 Å². The van der Waals surface area contributed by atoms with Crippen molar-refractivity contribution < 1.29 is 27.8 Å². The van der Waals surface area contributed by atoms with E-state index >= 15 is 0 Å². The molecule has 1 amide bonds. The van der Waals surface area contributed by atoms with Crippen molar-refractivity contribution in [2.45, 2.75) is 24.7 Å². The van der Waals surface area contributed by atoms with Gasteiger partial charge in [0.25, 0.3) is 0 Å². The molecule has 0 saturated carbocycles. The third-order valence-electron chi connectivity index (χ3n) is 3.02. The lowest BCUT2D eigenvalue weighted by atomic mass is 10.1. The lowest BCUT2D eigenvalue weighted by Gasteiger charge is -2.18. The van der Waals surface area contributed by atoms with Crippen molar-refractivity contribution in [1.82, 2.24) is 5.32 Å². The fourth-order valence-corrected chi connectivity index (χ4v) is 2.22. The standard InChI is InChI=1S/C13H14F3NO3/c14-13(15,16)7-20-6-11(19)17-12-9-4-2-1-3-8(9)5-10(12)18/h1-4,10,12,18H,5-7H2,(H,17,19). The monoisotopic (exact) mass is 289 g/mol. The van der Waals surface area contributed by atoms with Crippen LogP contribution in [0.3, 0.4) is 0 Å². The first-order valence-electron chi connectivity index (χ1n) is 6.06. The zero-order valence-corrected chi connectivity index (χ0v) is 10.5. The number of amides is 1. The first-order valence-corrected chi connectivity index (χ1v) is 6.06. The number of rotatable bonds is 4. The highest BCUT2D eigenvalue weighted by Crippen LogP contribution is 2.31. The molecular weight excluding hydrogens is 275 g/mol. The van der Waals surface area contributed by atoms with Gasteiger partial charge in [-0.3, -0.25) is 4.79 Å². The van der Waals surface area contributed by atoms with Gasteiger partial charge in [0, 0.05) is 6.42 Å². The molecule has 1 aromatic carbocycles. The molecule has 0 aliphatic heterocycles. The highest BCUT2D eigenvalue weighted by molar-refractivity contribution is 5.78. The van der Waals surface area contributed by atoms with Crippen LogP contribution in [0.25, 0.3) is 0 Å². The SMILES string of the molecule is O=C(COCC(F)(F)F)NC1c2ccccc2CC1O. The van der Waals surface area contributed by atoms with Gasteiger partial charge in [-0.15, -0.1) is 0 Å². The van der Waals surface area contributed by atoms with E-state index in [0.717, 1.165) is 11.1 Å². The van der Waals surface area contributed by atoms with Crippen molar-refractivity contribution in [2.24, 2.45) is 0 Å². The highest BCUT2D eigenvalue weighted by Gasteiger charge is 2.32. The Kier molecular flexibility index (Phi) is 4.29. The lowest BCUT2D eigenvalue weighted by Crippen LogP contribution is -2.36. The molecule has 2 N–H and O–H groups in total. The Bertz CT molecular complexity index is 490. The molecule has 0 radical (unpaired) electrons. The third kappa shape index (κ3) is 3.71. The number of carbonyl (C=O) groups is 1. The number of hydrogen-bond acceptors (Lipinski definition) is 3. The molecule has 0 heterocycles. The minimum atomic E-state index is -4.46. The van der Waals surface area contributed by atoms with Gasteiger partial charge in [0.15, 0.2) is 0 Å². The summed E-state index contributed by atoms with van der Waals surface area (Å²) in [5.74, 6) is -0.685. The quantitative estimate of drug-likeness (QED) is 0.879. The lowest BCUT2D eigenvalue weighted by molar-refractivity contribution is -0.175. The third-order valence-corrected chi connectivity index (χ3v) is 3.02. The second kappa shape index (κ2) is 5.80. The van der Waals surface area contributed by atoms with E-state index in [1.807, 2.05) is 12.1 Å². The van der Waals surface area contributed by atoms with Gasteiger partial charge >= 0.3 is 6.18 Å². The molecule has 0 bridgehead atoms. The van der Waals surface area contributed by atoms with E-state index in [0.29, 0.717) is 6.42 Å². The van der Waals surface area contributed by atoms with Crippen molar-refractivity contribution in [1.29, 1.82) is 0 Å². The first kappa shape index (κ1) is 14.8. The number of ether oxygens (including phenoxy) is 1. The van der Waals surface area contributed by atoms with Crippen molar-refractivity contribution in [3.8, 4) is 0 Å². The van der Waals surface area contributed by atoms with Crippen LogP contribution in [0, 0.1) is 0 Å². The molecular formula is C13H14F3NO3. The molecule has 0 spiro atoms. The summed E-state index contributed by atoms with van der Waals surface area (Å²) in [6.45, 7) is -2.16. The number of halogens is 3. The van der Waals surface area contributed by atoms with E-state index in [9.17, 15) is 23.1 Å². The average molecular weight is 289 g/mol. The van der Waals surface area contributed by atoms with Gasteiger partial charge in [0.2, 0.25) is 5.91 Å². The fourth-order valence-electron chi connectivity index (χ4n) is 2.22. The second-order valence-corrected chi connectivity index (χ2v) is 4.62. The van der Waals surface area contributed by atoms with Crippen molar-refractivity contribution in [2.75, 3.05) is 13.2 Å². The molecule has 0 aromatic heterocycles. The van der Waals surface area contributed by atoms with Gasteiger partial charge in [0.05, 0.1) is 12.1 Å². The van der Waals surface area contributed by atoms with Crippen LogP contribution in [0.5, 0.6) is 0 Å². The topological polar surface area (TPSA) is 58.6 Å². The maximum absolute atomic E-state index is 11.9. The molecule has 110 valence electrons. The highest BCUT2D eigenvalue weighted by atomic mass is 19.4. The van der Waals surface area contributed by atoms with Crippen LogP contribution in [-0.2, 0) is 16.0 Å². The Hall–Kier alpha value is -1.60. The summed E-state index contributed by atoms with van der Waals surface area (Å²) in [6, 6.07) is 6.60. The van der Waals surface area contributed by atoms with Gasteiger partial charge in [-0.25, -0.2) is 0 Å². The van der Waals surface area contributed by atoms with E-state index in [1.54, 1.807) is 12.1 Å². The molecule has 0 saturated heterocycles. The van der Waals surface area contributed by atoms with Gasteiger partial charge in [0.1, 0.15) is 13.2 Å². The molecule has 1 aromatic rings. The van der Waals surface area contributed by atoms with Crippen LogP contribution in [0.4, 0.5) is 13.2 Å². The van der Waals surface area contributed by atoms with E-state index in [2.05, 4.69) is 10.1 Å². The molecule has 1 aliphatic carbocycles. The minimum absolute atomic E-state index is 0.407. The van der Waals surface area contributed by atoms with E-state index in [1.165, 1.54) is 0 Å². The average Bonchev–Trinajstić information content (AvgIpc) is 2.64.